The zero-order chi connectivity index (χ0) is 13.2. The van der Waals surface area contributed by atoms with E-state index in [0.717, 1.165) is 31.6 Å². The lowest BCUT2D eigenvalue weighted by Crippen LogP contribution is -2.61. The molecule has 1 unspecified atom stereocenters. The second-order valence-corrected chi connectivity index (χ2v) is 5.19. The van der Waals surface area contributed by atoms with Crippen molar-refractivity contribution in [3.05, 3.63) is 24.2 Å². The second-order valence-electron chi connectivity index (χ2n) is 5.19. The van der Waals surface area contributed by atoms with Gasteiger partial charge in [-0.3, -0.25) is 9.59 Å². The van der Waals surface area contributed by atoms with E-state index in [9.17, 15) is 9.59 Å². The average Bonchev–Trinajstić information content (AvgIpc) is 2.95. The number of furan rings is 1. The van der Waals surface area contributed by atoms with Crippen LogP contribution in [-0.2, 0) is 16.0 Å². The second kappa shape index (κ2) is 5.07. The van der Waals surface area contributed by atoms with Crippen LogP contribution in [0.1, 0.15) is 25.0 Å². The highest BCUT2D eigenvalue weighted by atomic mass is 16.3. The standard InChI is InChI=1S/C14H18N2O3/c17-13-10-15(8-6-11-4-3-9-19-11)14(18)12-5-1-2-7-16(12)13/h3-4,9,12H,1-2,5-8,10H2. The van der Waals surface area contributed by atoms with Gasteiger partial charge >= 0.3 is 0 Å². The smallest absolute Gasteiger partial charge is 0.245 e. The summed E-state index contributed by atoms with van der Waals surface area (Å²) in [6, 6.07) is 3.51. The van der Waals surface area contributed by atoms with Crippen molar-refractivity contribution in [1.29, 1.82) is 0 Å². The lowest BCUT2D eigenvalue weighted by molar-refractivity contribution is -0.157. The number of fused-ring (bicyclic) bond motifs is 1. The molecule has 2 fully saturated rings. The molecule has 0 spiro atoms. The Kier molecular flexibility index (Phi) is 3.27. The minimum absolute atomic E-state index is 0.0868. The highest BCUT2D eigenvalue weighted by molar-refractivity contribution is 5.95. The minimum atomic E-state index is -0.216. The van der Waals surface area contributed by atoms with Crippen LogP contribution in [-0.4, -0.2) is 47.3 Å². The summed E-state index contributed by atoms with van der Waals surface area (Å²) < 4.78 is 5.26. The topological polar surface area (TPSA) is 53.8 Å². The van der Waals surface area contributed by atoms with Gasteiger partial charge in [0.25, 0.3) is 0 Å². The molecule has 3 heterocycles. The van der Waals surface area contributed by atoms with Gasteiger partial charge < -0.3 is 14.2 Å². The first-order chi connectivity index (χ1) is 9.25. The molecule has 0 N–H and O–H groups in total. The minimum Gasteiger partial charge on any atom is -0.469 e. The van der Waals surface area contributed by atoms with Gasteiger partial charge in [0.15, 0.2) is 0 Å². The number of carbonyl (C=O) groups is 2. The third kappa shape index (κ3) is 2.37. The van der Waals surface area contributed by atoms with E-state index in [1.54, 1.807) is 16.1 Å². The number of hydrogen-bond donors (Lipinski definition) is 0. The van der Waals surface area contributed by atoms with Gasteiger partial charge in [-0.1, -0.05) is 0 Å². The van der Waals surface area contributed by atoms with Crippen molar-refractivity contribution in [2.75, 3.05) is 19.6 Å². The van der Waals surface area contributed by atoms with Crippen LogP contribution in [0.25, 0.3) is 0 Å². The molecule has 5 heteroatoms. The summed E-state index contributed by atoms with van der Waals surface area (Å²) in [7, 11) is 0. The SMILES string of the molecule is O=C1C2CCCCN2C(=O)CN1CCc1ccco1. The molecule has 2 amide bonds. The Morgan fingerprint density at radius 3 is 3.00 bits per heavy atom. The molecule has 1 aromatic rings. The van der Waals surface area contributed by atoms with Gasteiger partial charge in [0.05, 0.1) is 12.8 Å². The van der Waals surface area contributed by atoms with E-state index in [4.69, 9.17) is 4.42 Å². The quantitative estimate of drug-likeness (QED) is 0.818. The maximum absolute atomic E-state index is 12.4. The van der Waals surface area contributed by atoms with Crippen molar-refractivity contribution in [1.82, 2.24) is 9.80 Å². The summed E-state index contributed by atoms with van der Waals surface area (Å²) in [5, 5.41) is 0. The van der Waals surface area contributed by atoms with Crippen molar-refractivity contribution in [3.63, 3.8) is 0 Å². The summed E-state index contributed by atoms with van der Waals surface area (Å²) >= 11 is 0. The highest BCUT2D eigenvalue weighted by Gasteiger charge is 2.39. The van der Waals surface area contributed by atoms with Crippen LogP contribution >= 0.6 is 0 Å². The number of piperidine rings is 1. The number of hydrogen-bond acceptors (Lipinski definition) is 3. The molecule has 1 atom stereocenters. The fourth-order valence-corrected chi connectivity index (χ4v) is 2.92. The van der Waals surface area contributed by atoms with E-state index in [1.165, 1.54) is 0 Å². The summed E-state index contributed by atoms with van der Waals surface area (Å²) in [6.45, 7) is 1.51. The molecule has 0 bridgehead atoms. The van der Waals surface area contributed by atoms with Crippen molar-refractivity contribution < 1.29 is 14.0 Å². The molecular formula is C14H18N2O3. The van der Waals surface area contributed by atoms with Crippen LogP contribution in [0.4, 0.5) is 0 Å². The Morgan fingerprint density at radius 2 is 2.21 bits per heavy atom. The molecule has 2 saturated heterocycles. The third-order valence-electron chi connectivity index (χ3n) is 3.95. The van der Waals surface area contributed by atoms with Gasteiger partial charge in [0.2, 0.25) is 11.8 Å². The van der Waals surface area contributed by atoms with Crippen LogP contribution in [0.15, 0.2) is 22.8 Å². The first-order valence-electron chi connectivity index (χ1n) is 6.86. The Labute approximate surface area is 112 Å². The van der Waals surface area contributed by atoms with E-state index in [2.05, 4.69) is 0 Å². The number of carbonyl (C=O) groups excluding carboxylic acids is 2. The van der Waals surface area contributed by atoms with Gasteiger partial charge in [0.1, 0.15) is 11.8 Å². The maximum Gasteiger partial charge on any atom is 0.245 e. The van der Waals surface area contributed by atoms with Crippen molar-refractivity contribution >= 4 is 11.8 Å². The molecule has 5 nitrogen and oxygen atoms in total. The van der Waals surface area contributed by atoms with Crippen molar-refractivity contribution in [2.45, 2.75) is 31.7 Å². The normalized spacial score (nSPS) is 23.7. The Morgan fingerprint density at radius 1 is 1.32 bits per heavy atom. The van der Waals surface area contributed by atoms with Gasteiger partial charge in [-0.2, -0.15) is 0 Å². The zero-order valence-corrected chi connectivity index (χ0v) is 10.9. The number of piperazine rings is 1. The van der Waals surface area contributed by atoms with E-state index in [0.29, 0.717) is 13.0 Å². The van der Waals surface area contributed by atoms with E-state index < -0.39 is 0 Å². The lowest BCUT2D eigenvalue weighted by Gasteiger charge is -2.42. The summed E-state index contributed by atoms with van der Waals surface area (Å²) in [5.41, 5.74) is 0. The monoisotopic (exact) mass is 262 g/mol. The molecule has 1 aromatic heterocycles. The van der Waals surface area contributed by atoms with E-state index >= 15 is 0 Å². The molecule has 0 radical (unpaired) electrons. The van der Waals surface area contributed by atoms with Gasteiger partial charge in [-0.05, 0) is 31.4 Å². The van der Waals surface area contributed by atoms with E-state index in [1.807, 2.05) is 12.1 Å². The average molecular weight is 262 g/mol. The number of nitrogens with zero attached hydrogens (tertiary/aromatic N) is 2. The Bertz CT molecular complexity index is 469. The molecule has 0 aliphatic carbocycles. The van der Waals surface area contributed by atoms with Crippen molar-refractivity contribution in [3.8, 4) is 0 Å². The highest BCUT2D eigenvalue weighted by Crippen LogP contribution is 2.23. The molecule has 102 valence electrons. The molecule has 0 saturated carbocycles. The fraction of sp³-hybridized carbons (Fsp3) is 0.571. The molecule has 2 aliphatic heterocycles. The molecule has 19 heavy (non-hydrogen) atoms. The molecule has 3 rings (SSSR count). The molecule has 0 aromatic carbocycles. The van der Waals surface area contributed by atoms with Crippen LogP contribution in [0.2, 0.25) is 0 Å². The molecular weight excluding hydrogens is 244 g/mol. The first-order valence-corrected chi connectivity index (χ1v) is 6.86. The van der Waals surface area contributed by atoms with Gasteiger partial charge in [-0.25, -0.2) is 0 Å². The van der Waals surface area contributed by atoms with Crippen molar-refractivity contribution in [2.24, 2.45) is 0 Å². The predicted octanol–water partition coefficient (Wildman–Crippen LogP) is 1.05. The van der Waals surface area contributed by atoms with Gasteiger partial charge in [0, 0.05) is 19.5 Å². The van der Waals surface area contributed by atoms with Crippen LogP contribution in [0.5, 0.6) is 0 Å². The third-order valence-corrected chi connectivity index (χ3v) is 3.95. The maximum atomic E-state index is 12.4. The van der Waals surface area contributed by atoms with E-state index in [-0.39, 0.29) is 24.4 Å². The first kappa shape index (κ1) is 12.3. The van der Waals surface area contributed by atoms with Crippen LogP contribution in [0, 0.1) is 0 Å². The summed E-state index contributed by atoms with van der Waals surface area (Å²) in [5.74, 6) is 1.04. The predicted molar refractivity (Wildman–Crippen MR) is 68.3 cm³/mol. The zero-order valence-electron chi connectivity index (χ0n) is 10.9. The summed E-state index contributed by atoms with van der Waals surface area (Å²) in [4.78, 5) is 27.9. The molecule has 2 aliphatic rings. The summed E-state index contributed by atoms with van der Waals surface area (Å²) in [6.07, 6.45) is 5.15. The largest absolute Gasteiger partial charge is 0.469 e. The van der Waals surface area contributed by atoms with Crippen LogP contribution < -0.4 is 0 Å². The fourth-order valence-electron chi connectivity index (χ4n) is 2.92. The Hall–Kier alpha value is -1.78. The number of amides is 2. The number of rotatable bonds is 3. The van der Waals surface area contributed by atoms with Crippen LogP contribution in [0.3, 0.4) is 0 Å². The van der Waals surface area contributed by atoms with Gasteiger partial charge in [-0.15, -0.1) is 0 Å². The Balaban J connectivity index is 1.65. The lowest BCUT2D eigenvalue weighted by atomic mass is 9.98.